The molecule has 1 N–H and O–H groups in total. The van der Waals surface area contributed by atoms with Crippen LogP contribution in [0.25, 0.3) is 0 Å². The van der Waals surface area contributed by atoms with Gasteiger partial charge in [-0.05, 0) is 25.6 Å². The zero-order valence-electron chi connectivity index (χ0n) is 11.4. The topological polar surface area (TPSA) is 21.3 Å². The van der Waals surface area contributed by atoms with Crippen molar-refractivity contribution in [1.29, 1.82) is 0 Å². The number of rotatable bonds is 4. The summed E-state index contributed by atoms with van der Waals surface area (Å²) in [4.78, 5) is 0. The summed E-state index contributed by atoms with van der Waals surface area (Å²) < 4.78 is 19.3. The average Bonchev–Trinajstić information content (AvgIpc) is 2.43. The maximum atomic E-state index is 14.3. The maximum absolute atomic E-state index is 14.3. The molecule has 0 amide bonds. The molecule has 1 atom stereocenters. The molecule has 0 aliphatic rings. The van der Waals surface area contributed by atoms with E-state index in [1.54, 1.807) is 18.2 Å². The van der Waals surface area contributed by atoms with Gasteiger partial charge in [-0.1, -0.05) is 42.0 Å². The van der Waals surface area contributed by atoms with Crippen LogP contribution in [0.3, 0.4) is 0 Å². The van der Waals surface area contributed by atoms with Crippen molar-refractivity contribution in [3.8, 4) is 5.75 Å². The Labute approximate surface area is 113 Å². The normalized spacial score (nSPS) is 12.2. The number of nitrogens with one attached hydrogen (secondary N) is 1. The highest BCUT2D eigenvalue weighted by molar-refractivity contribution is 5.39. The first kappa shape index (κ1) is 13.6. The summed E-state index contributed by atoms with van der Waals surface area (Å²) >= 11 is 0. The Kier molecular flexibility index (Phi) is 4.17. The molecule has 2 aromatic carbocycles. The predicted octanol–water partition coefficient (Wildman–Crippen LogP) is 3.45. The molecule has 0 heterocycles. The van der Waals surface area contributed by atoms with Gasteiger partial charge in [0.05, 0.1) is 13.2 Å². The van der Waals surface area contributed by atoms with Crippen LogP contribution in [0.1, 0.15) is 22.7 Å². The second kappa shape index (κ2) is 5.85. The monoisotopic (exact) mass is 259 g/mol. The van der Waals surface area contributed by atoms with Crippen molar-refractivity contribution in [3.63, 3.8) is 0 Å². The Hall–Kier alpha value is -1.87. The van der Waals surface area contributed by atoms with Gasteiger partial charge in [0, 0.05) is 5.56 Å². The Morgan fingerprint density at radius 2 is 1.79 bits per heavy atom. The van der Waals surface area contributed by atoms with E-state index >= 15 is 0 Å². The van der Waals surface area contributed by atoms with Crippen molar-refractivity contribution in [1.82, 2.24) is 5.32 Å². The highest BCUT2D eigenvalue weighted by Gasteiger charge is 2.18. The van der Waals surface area contributed by atoms with Gasteiger partial charge in [0.25, 0.3) is 0 Å². The number of aryl methyl sites for hydroxylation is 1. The molecule has 0 aliphatic heterocycles. The van der Waals surface area contributed by atoms with Crippen LogP contribution in [0.4, 0.5) is 4.39 Å². The van der Waals surface area contributed by atoms with E-state index in [4.69, 9.17) is 4.74 Å². The molecule has 2 rings (SSSR count). The van der Waals surface area contributed by atoms with Crippen molar-refractivity contribution in [3.05, 3.63) is 65.0 Å². The quantitative estimate of drug-likeness (QED) is 0.908. The van der Waals surface area contributed by atoms with Crippen molar-refractivity contribution in [2.24, 2.45) is 0 Å². The van der Waals surface area contributed by atoms with E-state index in [0.29, 0.717) is 5.56 Å². The van der Waals surface area contributed by atoms with E-state index in [1.165, 1.54) is 12.7 Å². The molecule has 2 aromatic rings. The van der Waals surface area contributed by atoms with Crippen LogP contribution in [0.5, 0.6) is 5.75 Å². The summed E-state index contributed by atoms with van der Waals surface area (Å²) in [7, 11) is 3.30. The van der Waals surface area contributed by atoms with Gasteiger partial charge in [-0.3, -0.25) is 0 Å². The van der Waals surface area contributed by atoms with Crippen LogP contribution in [0.2, 0.25) is 0 Å². The van der Waals surface area contributed by atoms with E-state index in [1.807, 2.05) is 38.2 Å². The number of benzene rings is 2. The van der Waals surface area contributed by atoms with Gasteiger partial charge in [-0.2, -0.15) is 0 Å². The molecule has 0 radical (unpaired) electrons. The third-order valence-electron chi connectivity index (χ3n) is 3.22. The molecule has 0 aromatic heterocycles. The van der Waals surface area contributed by atoms with E-state index in [0.717, 1.165) is 5.56 Å². The van der Waals surface area contributed by atoms with E-state index < -0.39 is 0 Å². The highest BCUT2D eigenvalue weighted by Crippen LogP contribution is 2.29. The molecule has 0 fully saturated rings. The van der Waals surface area contributed by atoms with Crippen molar-refractivity contribution in [2.75, 3.05) is 14.2 Å². The standard InChI is InChI=1S/C16H18FNO/c1-11-7-9-12(10-8-11)16(18-2)13-5-4-6-14(19-3)15(13)17/h4-10,16,18H,1-3H3. The fourth-order valence-electron chi connectivity index (χ4n) is 2.17. The van der Waals surface area contributed by atoms with Crippen molar-refractivity contribution < 1.29 is 9.13 Å². The Balaban J connectivity index is 2.45. The fourth-order valence-corrected chi connectivity index (χ4v) is 2.17. The summed E-state index contributed by atoms with van der Waals surface area (Å²) in [5, 5.41) is 3.15. The summed E-state index contributed by atoms with van der Waals surface area (Å²) in [6.45, 7) is 2.03. The third-order valence-corrected chi connectivity index (χ3v) is 3.22. The summed E-state index contributed by atoms with van der Waals surface area (Å²) in [5.41, 5.74) is 2.80. The zero-order valence-corrected chi connectivity index (χ0v) is 11.4. The number of halogens is 1. The lowest BCUT2D eigenvalue weighted by Gasteiger charge is -2.19. The zero-order chi connectivity index (χ0) is 13.8. The van der Waals surface area contributed by atoms with Crippen LogP contribution in [0, 0.1) is 12.7 Å². The summed E-state index contributed by atoms with van der Waals surface area (Å²) in [6.07, 6.45) is 0. The molecule has 19 heavy (non-hydrogen) atoms. The number of hydrogen-bond acceptors (Lipinski definition) is 2. The van der Waals surface area contributed by atoms with Crippen LogP contribution < -0.4 is 10.1 Å². The molecule has 0 saturated heterocycles. The maximum Gasteiger partial charge on any atom is 0.170 e. The van der Waals surface area contributed by atoms with E-state index in [-0.39, 0.29) is 17.6 Å². The van der Waals surface area contributed by atoms with E-state index in [2.05, 4.69) is 5.32 Å². The Bertz CT molecular complexity index is 551. The molecule has 2 nitrogen and oxygen atoms in total. The average molecular weight is 259 g/mol. The van der Waals surface area contributed by atoms with Gasteiger partial charge in [-0.15, -0.1) is 0 Å². The number of ether oxygens (including phenoxy) is 1. The molecule has 0 spiro atoms. The second-order valence-electron chi connectivity index (χ2n) is 4.50. The lowest BCUT2D eigenvalue weighted by molar-refractivity contribution is 0.382. The number of methoxy groups -OCH3 is 1. The molecule has 0 saturated carbocycles. The van der Waals surface area contributed by atoms with Crippen LogP contribution >= 0.6 is 0 Å². The lowest BCUT2D eigenvalue weighted by atomic mass is 9.97. The minimum Gasteiger partial charge on any atom is -0.494 e. The molecule has 0 bridgehead atoms. The first-order valence-electron chi connectivity index (χ1n) is 6.23. The molecule has 0 aliphatic carbocycles. The third kappa shape index (κ3) is 2.76. The van der Waals surface area contributed by atoms with Gasteiger partial charge >= 0.3 is 0 Å². The summed E-state index contributed by atoms with van der Waals surface area (Å²) in [6, 6.07) is 13.1. The van der Waals surface area contributed by atoms with Gasteiger partial charge in [0.15, 0.2) is 11.6 Å². The van der Waals surface area contributed by atoms with Crippen molar-refractivity contribution in [2.45, 2.75) is 13.0 Å². The van der Waals surface area contributed by atoms with Crippen LogP contribution in [-0.4, -0.2) is 14.2 Å². The first-order valence-corrected chi connectivity index (χ1v) is 6.23. The fraction of sp³-hybridized carbons (Fsp3) is 0.250. The largest absolute Gasteiger partial charge is 0.494 e. The Morgan fingerprint density at radius 3 is 2.37 bits per heavy atom. The van der Waals surface area contributed by atoms with Gasteiger partial charge in [0.1, 0.15) is 0 Å². The Morgan fingerprint density at radius 1 is 1.11 bits per heavy atom. The SMILES string of the molecule is CNC(c1ccc(C)cc1)c1cccc(OC)c1F. The van der Waals surface area contributed by atoms with Crippen LogP contribution in [0.15, 0.2) is 42.5 Å². The number of hydrogen-bond donors (Lipinski definition) is 1. The van der Waals surface area contributed by atoms with Gasteiger partial charge in [0.2, 0.25) is 0 Å². The predicted molar refractivity (Wildman–Crippen MR) is 75.0 cm³/mol. The van der Waals surface area contributed by atoms with Gasteiger partial charge in [-0.25, -0.2) is 4.39 Å². The smallest absolute Gasteiger partial charge is 0.170 e. The highest BCUT2D eigenvalue weighted by atomic mass is 19.1. The van der Waals surface area contributed by atoms with Crippen molar-refractivity contribution >= 4 is 0 Å². The van der Waals surface area contributed by atoms with Gasteiger partial charge < -0.3 is 10.1 Å². The lowest BCUT2D eigenvalue weighted by Crippen LogP contribution is -2.19. The first-order chi connectivity index (χ1) is 9.17. The van der Waals surface area contributed by atoms with Crippen LogP contribution in [-0.2, 0) is 0 Å². The molecular weight excluding hydrogens is 241 g/mol. The molecular formula is C16H18FNO. The molecule has 1 unspecified atom stereocenters. The minimum atomic E-state index is -0.315. The summed E-state index contributed by atoms with van der Waals surface area (Å²) in [5.74, 6) is -0.0465. The minimum absolute atomic E-state index is 0.185. The molecule has 3 heteroatoms. The van der Waals surface area contributed by atoms with E-state index in [9.17, 15) is 4.39 Å². The molecule has 100 valence electrons. The second-order valence-corrected chi connectivity index (χ2v) is 4.50.